The van der Waals surface area contributed by atoms with Crippen molar-refractivity contribution in [3.05, 3.63) is 17.2 Å². The van der Waals surface area contributed by atoms with Crippen LogP contribution in [0.2, 0.25) is 0 Å². The van der Waals surface area contributed by atoms with Gasteiger partial charge in [0.2, 0.25) is 0 Å². The van der Waals surface area contributed by atoms with Gasteiger partial charge in [0, 0.05) is 6.54 Å². The largest absolute Gasteiger partial charge is 0.476 e. The molecule has 5 heteroatoms. The van der Waals surface area contributed by atoms with Crippen molar-refractivity contribution in [3.63, 3.8) is 0 Å². The van der Waals surface area contributed by atoms with Gasteiger partial charge in [-0.15, -0.1) is 0 Å². The summed E-state index contributed by atoms with van der Waals surface area (Å²) in [6, 6.07) is 0. The van der Waals surface area contributed by atoms with Crippen molar-refractivity contribution in [1.29, 1.82) is 0 Å². The highest BCUT2D eigenvalue weighted by Gasteiger charge is 2.26. The molecule has 5 nitrogen and oxygen atoms in total. The first kappa shape index (κ1) is 12.1. The SMILES string of the molecule is CC1CCn2c(CN(C)C)nc(C(=O)O)c2C1. The lowest BCUT2D eigenvalue weighted by atomic mass is 9.97. The Hall–Kier alpha value is -1.36. The maximum atomic E-state index is 11.2. The Balaban J connectivity index is 2.42. The molecule has 0 saturated carbocycles. The molecule has 1 aliphatic rings. The Morgan fingerprint density at radius 3 is 2.88 bits per heavy atom. The zero-order chi connectivity index (χ0) is 12.6. The van der Waals surface area contributed by atoms with Gasteiger partial charge in [0.25, 0.3) is 0 Å². The standard InChI is InChI=1S/C12H19N3O2/c1-8-4-5-15-9(6-8)11(12(16)17)13-10(15)7-14(2)3/h8H,4-7H2,1-3H3,(H,16,17). The average Bonchev–Trinajstić information content (AvgIpc) is 2.55. The predicted octanol–water partition coefficient (Wildman–Crippen LogP) is 1.23. The number of nitrogens with zero attached hydrogens (tertiary/aromatic N) is 3. The van der Waals surface area contributed by atoms with E-state index in [1.165, 1.54) is 0 Å². The zero-order valence-corrected chi connectivity index (χ0v) is 10.6. The van der Waals surface area contributed by atoms with Crippen LogP contribution in [0.1, 0.15) is 35.4 Å². The van der Waals surface area contributed by atoms with E-state index in [-0.39, 0.29) is 5.69 Å². The molecule has 0 fully saturated rings. The lowest BCUT2D eigenvalue weighted by molar-refractivity contribution is 0.0688. The Bertz CT molecular complexity index is 437. The molecule has 2 heterocycles. The molecule has 0 amide bonds. The number of carbonyl (C=O) groups is 1. The molecule has 17 heavy (non-hydrogen) atoms. The second-order valence-electron chi connectivity index (χ2n) is 5.12. The smallest absolute Gasteiger partial charge is 0.356 e. The molecule has 0 saturated heterocycles. The van der Waals surface area contributed by atoms with Gasteiger partial charge in [0.1, 0.15) is 5.82 Å². The van der Waals surface area contributed by atoms with Crippen LogP contribution < -0.4 is 0 Å². The summed E-state index contributed by atoms with van der Waals surface area (Å²) in [6.45, 7) is 3.74. The molecule has 1 N–H and O–H groups in total. The Morgan fingerprint density at radius 2 is 2.29 bits per heavy atom. The minimum absolute atomic E-state index is 0.244. The number of carboxylic acids is 1. The van der Waals surface area contributed by atoms with Gasteiger partial charge in [-0.3, -0.25) is 0 Å². The van der Waals surface area contributed by atoms with Crippen molar-refractivity contribution < 1.29 is 9.90 Å². The average molecular weight is 237 g/mol. The summed E-state index contributed by atoms with van der Waals surface area (Å²) in [7, 11) is 3.93. The third-order valence-corrected chi connectivity index (χ3v) is 3.20. The number of hydrogen-bond acceptors (Lipinski definition) is 3. The van der Waals surface area contributed by atoms with Crippen LogP contribution in [0, 0.1) is 5.92 Å². The van der Waals surface area contributed by atoms with E-state index in [4.69, 9.17) is 0 Å². The fourth-order valence-electron chi connectivity index (χ4n) is 2.36. The number of aromatic nitrogens is 2. The minimum Gasteiger partial charge on any atom is -0.476 e. The second kappa shape index (κ2) is 4.49. The quantitative estimate of drug-likeness (QED) is 0.859. The molecule has 2 rings (SSSR count). The molecule has 0 radical (unpaired) electrons. The molecule has 0 aromatic carbocycles. The molecule has 1 aromatic heterocycles. The number of hydrogen-bond donors (Lipinski definition) is 1. The van der Waals surface area contributed by atoms with Crippen LogP contribution in [0.4, 0.5) is 0 Å². The van der Waals surface area contributed by atoms with Crippen molar-refractivity contribution in [2.75, 3.05) is 14.1 Å². The summed E-state index contributed by atoms with van der Waals surface area (Å²) < 4.78 is 2.09. The van der Waals surface area contributed by atoms with Gasteiger partial charge >= 0.3 is 5.97 Å². The highest BCUT2D eigenvalue weighted by atomic mass is 16.4. The van der Waals surface area contributed by atoms with Crippen molar-refractivity contribution >= 4 is 5.97 Å². The lowest BCUT2D eigenvalue weighted by Gasteiger charge is -2.23. The van der Waals surface area contributed by atoms with Gasteiger partial charge < -0.3 is 14.6 Å². The minimum atomic E-state index is -0.909. The molecule has 1 aromatic rings. The molecule has 1 aliphatic heterocycles. The fraction of sp³-hybridized carbons (Fsp3) is 0.667. The van der Waals surface area contributed by atoms with E-state index in [2.05, 4.69) is 16.5 Å². The van der Waals surface area contributed by atoms with Crippen LogP contribution in [0.25, 0.3) is 0 Å². The van der Waals surface area contributed by atoms with E-state index >= 15 is 0 Å². The number of aromatic carboxylic acids is 1. The summed E-state index contributed by atoms with van der Waals surface area (Å²) in [5, 5.41) is 9.19. The first-order valence-electron chi connectivity index (χ1n) is 5.95. The molecule has 1 unspecified atom stereocenters. The van der Waals surface area contributed by atoms with Crippen LogP contribution in [0.15, 0.2) is 0 Å². The summed E-state index contributed by atoms with van der Waals surface area (Å²) in [5.74, 6) is 0.506. The summed E-state index contributed by atoms with van der Waals surface area (Å²) >= 11 is 0. The monoisotopic (exact) mass is 237 g/mol. The van der Waals surface area contributed by atoms with E-state index in [1.54, 1.807) is 0 Å². The fourth-order valence-corrected chi connectivity index (χ4v) is 2.36. The third-order valence-electron chi connectivity index (χ3n) is 3.20. The van der Waals surface area contributed by atoms with Crippen molar-refractivity contribution in [2.24, 2.45) is 5.92 Å². The van der Waals surface area contributed by atoms with E-state index in [9.17, 15) is 9.90 Å². The maximum absolute atomic E-state index is 11.2. The third kappa shape index (κ3) is 2.34. The number of fused-ring (bicyclic) bond motifs is 1. The Morgan fingerprint density at radius 1 is 1.59 bits per heavy atom. The molecule has 0 bridgehead atoms. The van der Waals surface area contributed by atoms with Crippen LogP contribution >= 0.6 is 0 Å². The molecular weight excluding hydrogens is 218 g/mol. The molecule has 94 valence electrons. The van der Waals surface area contributed by atoms with Gasteiger partial charge in [-0.05, 0) is 32.9 Å². The van der Waals surface area contributed by atoms with Gasteiger partial charge in [0.15, 0.2) is 5.69 Å². The number of carboxylic acid groups (broad SMARTS) is 1. The van der Waals surface area contributed by atoms with Crippen LogP contribution in [0.5, 0.6) is 0 Å². The summed E-state index contributed by atoms with van der Waals surface area (Å²) in [6.07, 6.45) is 1.92. The first-order valence-corrected chi connectivity index (χ1v) is 5.95. The second-order valence-corrected chi connectivity index (χ2v) is 5.12. The number of rotatable bonds is 3. The highest BCUT2D eigenvalue weighted by molar-refractivity contribution is 5.87. The predicted molar refractivity (Wildman–Crippen MR) is 64.1 cm³/mol. The van der Waals surface area contributed by atoms with Crippen molar-refractivity contribution in [3.8, 4) is 0 Å². The Kier molecular flexibility index (Phi) is 3.19. The van der Waals surface area contributed by atoms with Gasteiger partial charge in [0.05, 0.1) is 12.2 Å². The molecule has 1 atom stereocenters. The maximum Gasteiger partial charge on any atom is 0.356 e. The van der Waals surface area contributed by atoms with E-state index in [0.717, 1.165) is 30.9 Å². The van der Waals surface area contributed by atoms with Gasteiger partial charge in [-0.2, -0.15) is 0 Å². The number of imidazole rings is 1. The van der Waals surface area contributed by atoms with Gasteiger partial charge in [-0.25, -0.2) is 9.78 Å². The van der Waals surface area contributed by atoms with Crippen LogP contribution in [-0.4, -0.2) is 39.6 Å². The Labute approximate surface area is 101 Å². The van der Waals surface area contributed by atoms with Crippen molar-refractivity contribution in [1.82, 2.24) is 14.5 Å². The summed E-state index contributed by atoms with van der Waals surface area (Å²) in [5.41, 5.74) is 1.14. The van der Waals surface area contributed by atoms with Gasteiger partial charge in [-0.1, -0.05) is 6.92 Å². The normalized spacial score (nSPS) is 19.4. The zero-order valence-electron chi connectivity index (χ0n) is 10.6. The van der Waals surface area contributed by atoms with E-state index in [1.807, 2.05) is 19.0 Å². The molecule has 0 spiro atoms. The lowest BCUT2D eigenvalue weighted by Crippen LogP contribution is -2.22. The van der Waals surface area contributed by atoms with E-state index in [0.29, 0.717) is 12.5 Å². The van der Waals surface area contributed by atoms with E-state index < -0.39 is 5.97 Å². The molecule has 0 aliphatic carbocycles. The highest BCUT2D eigenvalue weighted by Crippen LogP contribution is 2.25. The summed E-state index contributed by atoms with van der Waals surface area (Å²) in [4.78, 5) is 17.5. The topological polar surface area (TPSA) is 58.4 Å². The molecular formula is C12H19N3O2. The van der Waals surface area contributed by atoms with Crippen LogP contribution in [-0.2, 0) is 19.5 Å². The first-order chi connectivity index (χ1) is 7.99. The van der Waals surface area contributed by atoms with Crippen LogP contribution in [0.3, 0.4) is 0 Å². The van der Waals surface area contributed by atoms with Crippen molar-refractivity contribution in [2.45, 2.75) is 32.9 Å².